The van der Waals surface area contributed by atoms with Gasteiger partial charge in [-0.25, -0.2) is 5.43 Å². The van der Waals surface area contributed by atoms with Crippen LogP contribution in [0.2, 0.25) is 5.02 Å². The Morgan fingerprint density at radius 2 is 2.00 bits per heavy atom. The maximum atomic E-state index is 12.0. The van der Waals surface area contributed by atoms with Crippen LogP contribution in [-0.2, 0) is 0 Å². The minimum absolute atomic E-state index is 0.351. The number of carbonyl (C=O) groups excluding carboxylic acids is 1. The number of halogens is 1. The van der Waals surface area contributed by atoms with Gasteiger partial charge in [0.1, 0.15) is 11.5 Å². The summed E-state index contributed by atoms with van der Waals surface area (Å²) in [5.41, 5.74) is 4.46. The minimum atomic E-state index is -0.351. The van der Waals surface area contributed by atoms with Crippen molar-refractivity contribution in [2.24, 2.45) is 5.10 Å². The van der Waals surface area contributed by atoms with Crippen molar-refractivity contribution in [1.29, 1.82) is 0 Å². The molecule has 1 heterocycles. The lowest BCUT2D eigenvalue weighted by Gasteiger charge is -2.03. The average molecular weight is 291 g/mol. The predicted octanol–water partition coefficient (Wildman–Crippen LogP) is 3.70. The van der Waals surface area contributed by atoms with Gasteiger partial charge in [-0.1, -0.05) is 23.7 Å². The van der Waals surface area contributed by atoms with Crippen molar-refractivity contribution in [2.45, 2.75) is 20.8 Å². The number of hydrazone groups is 1. The maximum Gasteiger partial charge on any atom is 0.272 e. The van der Waals surface area contributed by atoms with Crippen LogP contribution in [-0.4, -0.2) is 11.6 Å². The fraction of sp³-hybridized carbons (Fsp3) is 0.200. The lowest BCUT2D eigenvalue weighted by atomic mass is 10.2. The highest BCUT2D eigenvalue weighted by Crippen LogP contribution is 2.16. The molecule has 2 rings (SSSR count). The first-order valence-electron chi connectivity index (χ1n) is 6.15. The van der Waals surface area contributed by atoms with E-state index in [9.17, 15) is 4.79 Å². The summed E-state index contributed by atoms with van der Waals surface area (Å²) < 4.78 is 5.53. The van der Waals surface area contributed by atoms with Crippen LogP contribution >= 0.6 is 11.6 Å². The third-order valence-electron chi connectivity index (χ3n) is 2.81. The summed E-state index contributed by atoms with van der Waals surface area (Å²) in [6.45, 7) is 5.57. The topological polar surface area (TPSA) is 54.6 Å². The number of hydrogen-bond acceptors (Lipinski definition) is 3. The van der Waals surface area contributed by atoms with Crippen molar-refractivity contribution in [2.75, 3.05) is 0 Å². The zero-order chi connectivity index (χ0) is 14.7. The van der Waals surface area contributed by atoms with E-state index in [1.54, 1.807) is 31.2 Å². The Balaban J connectivity index is 2.15. The molecule has 20 heavy (non-hydrogen) atoms. The van der Waals surface area contributed by atoms with Gasteiger partial charge in [-0.15, -0.1) is 0 Å². The van der Waals surface area contributed by atoms with Gasteiger partial charge in [0.15, 0.2) is 5.76 Å². The molecule has 1 N–H and O–H groups in total. The Morgan fingerprint density at radius 3 is 2.60 bits per heavy atom. The number of benzene rings is 1. The van der Waals surface area contributed by atoms with E-state index in [0.717, 1.165) is 11.3 Å². The summed E-state index contributed by atoms with van der Waals surface area (Å²) in [6.07, 6.45) is 0. The van der Waals surface area contributed by atoms with E-state index in [0.29, 0.717) is 22.1 Å². The monoisotopic (exact) mass is 290 g/mol. The average Bonchev–Trinajstić information content (AvgIpc) is 2.75. The molecule has 4 nitrogen and oxygen atoms in total. The first-order valence-corrected chi connectivity index (χ1v) is 6.53. The number of furan rings is 1. The Hall–Kier alpha value is -2.07. The van der Waals surface area contributed by atoms with Crippen molar-refractivity contribution in [3.05, 3.63) is 58.0 Å². The first kappa shape index (κ1) is 14.3. The van der Waals surface area contributed by atoms with Crippen LogP contribution in [0.1, 0.15) is 34.4 Å². The van der Waals surface area contributed by atoms with Gasteiger partial charge in [0.05, 0.1) is 10.6 Å². The van der Waals surface area contributed by atoms with E-state index in [1.807, 2.05) is 19.9 Å². The standard InChI is InChI=1S/C15H15ClN2O2/c1-9-8-10(2)20-14(9)11(3)17-18-15(19)12-6-4-5-7-13(12)16/h4-8H,1-3H3,(H,18,19)/b17-11-. The highest BCUT2D eigenvalue weighted by Gasteiger charge is 2.11. The Kier molecular flexibility index (Phi) is 4.25. The van der Waals surface area contributed by atoms with Crippen molar-refractivity contribution < 1.29 is 9.21 Å². The van der Waals surface area contributed by atoms with E-state index in [-0.39, 0.29) is 5.91 Å². The summed E-state index contributed by atoms with van der Waals surface area (Å²) in [5.74, 6) is 1.13. The zero-order valence-electron chi connectivity index (χ0n) is 11.5. The molecule has 0 atom stereocenters. The van der Waals surface area contributed by atoms with Gasteiger partial charge in [-0.3, -0.25) is 4.79 Å². The molecular formula is C15H15ClN2O2. The number of hydrogen-bond donors (Lipinski definition) is 1. The molecule has 1 aromatic heterocycles. The number of carbonyl (C=O) groups is 1. The van der Waals surface area contributed by atoms with Crippen LogP contribution in [0.4, 0.5) is 0 Å². The molecule has 0 aliphatic carbocycles. The number of nitrogens with one attached hydrogen (secondary N) is 1. The fourth-order valence-corrected chi connectivity index (χ4v) is 2.11. The van der Waals surface area contributed by atoms with Crippen LogP contribution in [0, 0.1) is 13.8 Å². The summed E-state index contributed by atoms with van der Waals surface area (Å²) in [4.78, 5) is 12.0. The van der Waals surface area contributed by atoms with Gasteiger partial charge in [0.25, 0.3) is 5.91 Å². The van der Waals surface area contributed by atoms with Crippen molar-refractivity contribution in [3.8, 4) is 0 Å². The van der Waals surface area contributed by atoms with Crippen molar-refractivity contribution in [1.82, 2.24) is 5.43 Å². The van der Waals surface area contributed by atoms with Crippen molar-refractivity contribution >= 4 is 23.2 Å². The molecule has 2 aromatic rings. The second kappa shape index (κ2) is 5.92. The third-order valence-corrected chi connectivity index (χ3v) is 3.14. The molecule has 0 bridgehead atoms. The van der Waals surface area contributed by atoms with Gasteiger partial charge in [-0.2, -0.15) is 5.10 Å². The summed E-state index contributed by atoms with van der Waals surface area (Å²) in [7, 11) is 0. The van der Waals surface area contributed by atoms with Gasteiger partial charge >= 0.3 is 0 Å². The first-order chi connectivity index (χ1) is 9.49. The highest BCUT2D eigenvalue weighted by atomic mass is 35.5. The summed E-state index contributed by atoms with van der Waals surface area (Å²) >= 11 is 5.95. The Bertz CT molecular complexity index is 674. The lowest BCUT2D eigenvalue weighted by molar-refractivity contribution is 0.0955. The molecule has 0 spiro atoms. The minimum Gasteiger partial charge on any atom is -0.460 e. The Labute approximate surface area is 122 Å². The molecule has 0 aliphatic rings. The largest absolute Gasteiger partial charge is 0.460 e. The molecule has 0 unspecified atom stereocenters. The molecular weight excluding hydrogens is 276 g/mol. The molecule has 0 radical (unpaired) electrons. The van der Waals surface area contributed by atoms with E-state index in [2.05, 4.69) is 10.5 Å². The number of amides is 1. The van der Waals surface area contributed by atoms with Crippen LogP contribution < -0.4 is 5.43 Å². The van der Waals surface area contributed by atoms with Crippen LogP contribution in [0.3, 0.4) is 0 Å². The van der Waals surface area contributed by atoms with Gasteiger partial charge < -0.3 is 4.42 Å². The second-order valence-corrected chi connectivity index (χ2v) is 4.89. The summed E-state index contributed by atoms with van der Waals surface area (Å²) in [5, 5.41) is 4.44. The molecule has 0 saturated heterocycles. The fourth-order valence-electron chi connectivity index (χ4n) is 1.89. The summed E-state index contributed by atoms with van der Waals surface area (Å²) in [6, 6.07) is 8.74. The van der Waals surface area contributed by atoms with Crippen LogP contribution in [0.5, 0.6) is 0 Å². The zero-order valence-corrected chi connectivity index (χ0v) is 12.3. The van der Waals surface area contributed by atoms with Crippen LogP contribution in [0.25, 0.3) is 0 Å². The number of aryl methyl sites for hydroxylation is 2. The van der Waals surface area contributed by atoms with Gasteiger partial charge in [0.2, 0.25) is 0 Å². The van der Waals surface area contributed by atoms with E-state index >= 15 is 0 Å². The normalized spacial score (nSPS) is 11.5. The smallest absolute Gasteiger partial charge is 0.272 e. The second-order valence-electron chi connectivity index (χ2n) is 4.49. The van der Waals surface area contributed by atoms with E-state index < -0.39 is 0 Å². The molecule has 0 fully saturated rings. The van der Waals surface area contributed by atoms with Gasteiger partial charge in [0, 0.05) is 0 Å². The van der Waals surface area contributed by atoms with Crippen LogP contribution in [0.15, 0.2) is 39.9 Å². The number of rotatable bonds is 3. The van der Waals surface area contributed by atoms with E-state index in [4.69, 9.17) is 16.0 Å². The Morgan fingerprint density at radius 1 is 1.30 bits per heavy atom. The molecule has 1 aromatic carbocycles. The van der Waals surface area contributed by atoms with Gasteiger partial charge in [-0.05, 0) is 44.5 Å². The molecule has 5 heteroatoms. The SMILES string of the molecule is C/C(=N/NC(=O)c1ccccc1Cl)c1oc(C)cc1C. The molecule has 0 saturated carbocycles. The molecule has 1 amide bonds. The molecule has 104 valence electrons. The quantitative estimate of drug-likeness (QED) is 0.692. The number of nitrogens with zero attached hydrogens (tertiary/aromatic N) is 1. The maximum absolute atomic E-state index is 12.0. The third kappa shape index (κ3) is 3.08. The highest BCUT2D eigenvalue weighted by molar-refractivity contribution is 6.33. The predicted molar refractivity (Wildman–Crippen MR) is 79.3 cm³/mol. The lowest BCUT2D eigenvalue weighted by Crippen LogP contribution is -2.19. The van der Waals surface area contributed by atoms with Crippen molar-refractivity contribution in [3.63, 3.8) is 0 Å². The van der Waals surface area contributed by atoms with E-state index in [1.165, 1.54) is 0 Å². The molecule has 0 aliphatic heterocycles.